The molecule has 0 amide bonds. The lowest BCUT2D eigenvalue weighted by Gasteiger charge is -2.01. The van der Waals surface area contributed by atoms with Gasteiger partial charge in [0.1, 0.15) is 10.6 Å². The molecule has 0 unspecified atom stereocenters. The number of fused-ring (bicyclic) bond motifs is 3. The second kappa shape index (κ2) is 5.58. The van der Waals surface area contributed by atoms with Gasteiger partial charge in [-0.25, -0.2) is 9.37 Å². The molecule has 0 aliphatic heterocycles. The summed E-state index contributed by atoms with van der Waals surface area (Å²) in [6.45, 7) is 0. The van der Waals surface area contributed by atoms with E-state index in [0.29, 0.717) is 16.8 Å². The van der Waals surface area contributed by atoms with Gasteiger partial charge in [0.25, 0.3) is 5.56 Å². The van der Waals surface area contributed by atoms with Crippen LogP contribution in [0.1, 0.15) is 28.2 Å². The summed E-state index contributed by atoms with van der Waals surface area (Å²) in [7, 11) is 0. The maximum atomic E-state index is 13.2. The normalized spacial score (nSPS) is 14.4. The summed E-state index contributed by atoms with van der Waals surface area (Å²) in [5.74, 6) is -0.0249. The van der Waals surface area contributed by atoms with E-state index in [1.807, 2.05) is 0 Å². The lowest BCUT2D eigenvalue weighted by Crippen LogP contribution is -2.10. The van der Waals surface area contributed by atoms with Crippen molar-refractivity contribution in [3.05, 3.63) is 62.3 Å². The second-order valence-electron chi connectivity index (χ2n) is 5.50. The first-order valence-corrected chi connectivity index (χ1v) is 8.49. The molecule has 3 nitrogen and oxygen atoms in total. The molecule has 0 fully saturated rings. The Labute approximate surface area is 140 Å². The Morgan fingerprint density at radius 2 is 2.26 bits per heavy atom. The highest BCUT2D eigenvalue weighted by Crippen LogP contribution is 2.35. The standard InChI is InChI=1S/C17H12ClFN2OS/c18-12(8-9-3-1-4-10(19)7-9)15-20-16(22)14-11-5-2-6-13(11)23-17(14)21-15/h1,3-4,7-8H,2,5-6H2,(H,20,21,22). The molecule has 0 saturated heterocycles. The Hall–Kier alpha value is -1.98. The topological polar surface area (TPSA) is 45.8 Å². The molecular formula is C17H12ClFN2OS. The van der Waals surface area contributed by atoms with Crippen LogP contribution in [0.2, 0.25) is 0 Å². The minimum absolute atomic E-state index is 0.157. The molecule has 1 aliphatic rings. The fourth-order valence-electron chi connectivity index (χ4n) is 2.93. The molecule has 1 N–H and O–H groups in total. The van der Waals surface area contributed by atoms with Gasteiger partial charge in [0.15, 0.2) is 5.82 Å². The van der Waals surface area contributed by atoms with Crippen LogP contribution in [0.15, 0.2) is 29.1 Å². The Morgan fingerprint density at radius 1 is 1.39 bits per heavy atom. The number of nitrogens with one attached hydrogen (secondary N) is 1. The third-order valence-corrected chi connectivity index (χ3v) is 5.42. The molecule has 0 atom stereocenters. The molecule has 116 valence electrons. The van der Waals surface area contributed by atoms with Crippen LogP contribution in [-0.2, 0) is 12.8 Å². The number of rotatable bonds is 2. The van der Waals surface area contributed by atoms with Crippen molar-refractivity contribution in [1.82, 2.24) is 9.97 Å². The van der Waals surface area contributed by atoms with E-state index < -0.39 is 0 Å². The smallest absolute Gasteiger partial charge is 0.260 e. The zero-order valence-electron chi connectivity index (χ0n) is 12.0. The SMILES string of the molecule is O=c1[nH]c(C(Cl)=Cc2cccc(F)c2)nc2sc3c(c12)CCC3. The highest BCUT2D eigenvalue weighted by molar-refractivity contribution is 7.18. The van der Waals surface area contributed by atoms with Crippen LogP contribution in [0.3, 0.4) is 0 Å². The number of nitrogens with zero attached hydrogens (tertiary/aromatic N) is 1. The van der Waals surface area contributed by atoms with Crippen molar-refractivity contribution >= 4 is 44.3 Å². The number of H-pyrrole nitrogens is 1. The zero-order chi connectivity index (χ0) is 16.0. The van der Waals surface area contributed by atoms with Gasteiger partial charge in [-0.1, -0.05) is 23.7 Å². The van der Waals surface area contributed by atoms with Crippen LogP contribution < -0.4 is 5.56 Å². The highest BCUT2D eigenvalue weighted by atomic mass is 35.5. The van der Waals surface area contributed by atoms with Gasteiger partial charge in [-0.15, -0.1) is 11.3 Å². The van der Waals surface area contributed by atoms with Crippen LogP contribution in [-0.4, -0.2) is 9.97 Å². The van der Waals surface area contributed by atoms with Crippen LogP contribution in [0.25, 0.3) is 21.3 Å². The first-order valence-electron chi connectivity index (χ1n) is 7.29. The van der Waals surface area contributed by atoms with Gasteiger partial charge in [0, 0.05) is 4.88 Å². The van der Waals surface area contributed by atoms with E-state index in [4.69, 9.17) is 11.6 Å². The van der Waals surface area contributed by atoms with Crippen LogP contribution in [0.5, 0.6) is 0 Å². The van der Waals surface area contributed by atoms with Crippen molar-refractivity contribution in [1.29, 1.82) is 0 Å². The summed E-state index contributed by atoms with van der Waals surface area (Å²) in [4.78, 5) is 21.6. The lowest BCUT2D eigenvalue weighted by atomic mass is 10.2. The van der Waals surface area contributed by atoms with E-state index in [0.717, 1.165) is 29.7 Å². The fourth-order valence-corrected chi connectivity index (χ4v) is 4.40. The van der Waals surface area contributed by atoms with Gasteiger partial charge in [-0.2, -0.15) is 0 Å². The predicted molar refractivity (Wildman–Crippen MR) is 92.4 cm³/mol. The summed E-state index contributed by atoms with van der Waals surface area (Å²) < 4.78 is 13.2. The molecular weight excluding hydrogens is 335 g/mol. The summed E-state index contributed by atoms with van der Waals surface area (Å²) in [6.07, 6.45) is 4.64. The van der Waals surface area contributed by atoms with Gasteiger partial charge < -0.3 is 4.98 Å². The van der Waals surface area contributed by atoms with E-state index in [-0.39, 0.29) is 16.4 Å². The molecule has 0 saturated carbocycles. The molecule has 1 aromatic carbocycles. The molecule has 2 aromatic heterocycles. The predicted octanol–water partition coefficient (Wildman–Crippen LogP) is 4.35. The maximum Gasteiger partial charge on any atom is 0.260 e. The largest absolute Gasteiger partial charge is 0.305 e. The molecule has 0 spiro atoms. The number of halogens is 2. The van der Waals surface area contributed by atoms with Crippen LogP contribution in [0, 0.1) is 5.82 Å². The Kier molecular flexibility index (Phi) is 3.54. The summed E-state index contributed by atoms with van der Waals surface area (Å²) in [6, 6.07) is 6.08. The van der Waals surface area contributed by atoms with Crippen LogP contribution >= 0.6 is 22.9 Å². The Balaban J connectivity index is 1.81. The third kappa shape index (κ3) is 2.60. The number of hydrogen-bond donors (Lipinski definition) is 1. The van der Waals surface area contributed by atoms with Gasteiger partial charge in [-0.05, 0) is 48.6 Å². The second-order valence-corrected chi connectivity index (χ2v) is 6.99. The number of thiophene rings is 1. The maximum absolute atomic E-state index is 13.2. The van der Waals surface area contributed by atoms with Crippen molar-refractivity contribution in [2.24, 2.45) is 0 Å². The fraction of sp³-hybridized carbons (Fsp3) is 0.176. The number of aryl methyl sites for hydroxylation is 2. The molecule has 6 heteroatoms. The van der Waals surface area contributed by atoms with E-state index in [2.05, 4.69) is 9.97 Å². The monoisotopic (exact) mass is 346 g/mol. The Morgan fingerprint density at radius 3 is 3.09 bits per heavy atom. The van der Waals surface area contributed by atoms with E-state index in [1.54, 1.807) is 29.5 Å². The molecule has 0 bridgehead atoms. The van der Waals surface area contributed by atoms with Gasteiger partial charge in [0.05, 0.1) is 10.4 Å². The third-order valence-electron chi connectivity index (χ3n) is 3.94. The summed E-state index contributed by atoms with van der Waals surface area (Å²) in [5.41, 5.74) is 1.59. The van der Waals surface area contributed by atoms with E-state index >= 15 is 0 Å². The van der Waals surface area contributed by atoms with Gasteiger partial charge in [0.2, 0.25) is 0 Å². The molecule has 4 rings (SSSR count). The minimum atomic E-state index is -0.338. The van der Waals surface area contributed by atoms with Crippen molar-refractivity contribution < 1.29 is 4.39 Å². The van der Waals surface area contributed by atoms with Crippen molar-refractivity contribution in [3.8, 4) is 0 Å². The van der Waals surface area contributed by atoms with Gasteiger partial charge in [-0.3, -0.25) is 4.79 Å². The molecule has 2 heterocycles. The number of hydrogen-bond acceptors (Lipinski definition) is 3. The zero-order valence-corrected chi connectivity index (χ0v) is 13.6. The minimum Gasteiger partial charge on any atom is -0.305 e. The molecule has 3 aromatic rings. The van der Waals surface area contributed by atoms with Crippen molar-refractivity contribution in [3.63, 3.8) is 0 Å². The van der Waals surface area contributed by atoms with Crippen molar-refractivity contribution in [2.75, 3.05) is 0 Å². The average Bonchev–Trinajstić information content (AvgIpc) is 3.07. The van der Waals surface area contributed by atoms with Crippen LogP contribution in [0.4, 0.5) is 4.39 Å². The van der Waals surface area contributed by atoms with Crippen molar-refractivity contribution in [2.45, 2.75) is 19.3 Å². The number of aromatic nitrogens is 2. The average molecular weight is 347 g/mol. The van der Waals surface area contributed by atoms with Gasteiger partial charge >= 0.3 is 0 Å². The number of aromatic amines is 1. The first kappa shape index (κ1) is 14.6. The van der Waals surface area contributed by atoms with E-state index in [1.165, 1.54) is 17.0 Å². The molecule has 0 radical (unpaired) electrons. The first-order chi connectivity index (χ1) is 11.1. The molecule has 1 aliphatic carbocycles. The quantitative estimate of drug-likeness (QED) is 0.749. The summed E-state index contributed by atoms with van der Waals surface area (Å²) >= 11 is 7.83. The Bertz CT molecular complexity index is 1010. The highest BCUT2D eigenvalue weighted by Gasteiger charge is 2.21. The summed E-state index contributed by atoms with van der Waals surface area (Å²) in [5, 5.41) is 0.977. The number of benzene rings is 1. The lowest BCUT2D eigenvalue weighted by molar-refractivity contribution is 0.627. The molecule has 23 heavy (non-hydrogen) atoms. The van der Waals surface area contributed by atoms with E-state index in [9.17, 15) is 9.18 Å².